The maximum atomic E-state index is 12.7. The molecule has 0 unspecified atom stereocenters. The fraction of sp³-hybridized carbons (Fsp3) is 0.231. The highest BCUT2D eigenvalue weighted by Crippen LogP contribution is 2.07. The summed E-state index contributed by atoms with van der Waals surface area (Å²) in [6.45, 7) is 4.19. The fourth-order valence-corrected chi connectivity index (χ4v) is 1.29. The average molecular weight is 392 g/mol. The van der Waals surface area contributed by atoms with Crippen LogP contribution in [0.2, 0.25) is 0 Å². The molecule has 1 rings (SSSR count). The quantitative estimate of drug-likeness (QED) is 0.310. The van der Waals surface area contributed by atoms with E-state index in [1.165, 1.54) is 24.3 Å². The van der Waals surface area contributed by atoms with Gasteiger partial charge in [-0.05, 0) is 24.3 Å². The highest BCUT2D eigenvalue weighted by atomic mass is 127. The van der Waals surface area contributed by atoms with Crippen molar-refractivity contribution in [1.82, 2.24) is 10.6 Å². The summed E-state index contributed by atoms with van der Waals surface area (Å²) in [4.78, 5) is 15.6. The van der Waals surface area contributed by atoms with Gasteiger partial charge in [-0.25, -0.2) is 4.39 Å². The molecule has 1 amide bonds. The summed E-state index contributed by atoms with van der Waals surface area (Å²) in [5.74, 6) is -0.0764. The summed E-state index contributed by atoms with van der Waals surface area (Å²) >= 11 is 0. The summed E-state index contributed by atoms with van der Waals surface area (Å²) < 4.78 is 12.7. The number of nitrogens with one attached hydrogen (secondary N) is 3. The van der Waals surface area contributed by atoms with Gasteiger partial charge in [-0.15, -0.1) is 30.6 Å². The van der Waals surface area contributed by atoms with Gasteiger partial charge in [-0.2, -0.15) is 0 Å². The first-order chi connectivity index (χ1) is 9.15. The van der Waals surface area contributed by atoms with Gasteiger partial charge < -0.3 is 16.0 Å². The van der Waals surface area contributed by atoms with Crippen molar-refractivity contribution in [2.75, 3.05) is 25.5 Å². The molecule has 0 aliphatic carbocycles. The Labute approximate surface area is 134 Å². The van der Waals surface area contributed by atoms with E-state index in [1.54, 1.807) is 13.1 Å². The molecular weight excluding hydrogens is 374 g/mol. The molecule has 1 aromatic carbocycles. The molecule has 0 aliphatic heterocycles. The topological polar surface area (TPSA) is 65.5 Å². The van der Waals surface area contributed by atoms with E-state index in [1.807, 2.05) is 0 Å². The Hall–Kier alpha value is -1.64. The second-order valence-corrected chi connectivity index (χ2v) is 3.65. The number of halogens is 2. The number of hydrogen-bond acceptors (Lipinski definition) is 2. The summed E-state index contributed by atoms with van der Waals surface area (Å²) in [5, 5.41) is 8.41. The van der Waals surface area contributed by atoms with Crippen LogP contribution in [-0.2, 0) is 4.79 Å². The second-order valence-electron chi connectivity index (χ2n) is 3.65. The van der Waals surface area contributed by atoms with Crippen LogP contribution in [0.3, 0.4) is 0 Å². The van der Waals surface area contributed by atoms with Gasteiger partial charge in [-0.3, -0.25) is 9.79 Å². The van der Waals surface area contributed by atoms with Crippen LogP contribution in [-0.4, -0.2) is 32.0 Å². The SMILES string of the molecule is C=CCNC(=NC)NCC(=O)Nc1ccc(F)cc1.I. The molecule has 3 N–H and O–H groups in total. The van der Waals surface area contributed by atoms with E-state index < -0.39 is 0 Å². The lowest BCUT2D eigenvalue weighted by molar-refractivity contribution is -0.115. The Morgan fingerprint density at radius 2 is 2.00 bits per heavy atom. The second kappa shape index (κ2) is 10.2. The zero-order valence-electron chi connectivity index (χ0n) is 11.1. The Bertz CT molecular complexity index is 462. The van der Waals surface area contributed by atoms with Crippen molar-refractivity contribution < 1.29 is 9.18 Å². The number of hydrogen-bond donors (Lipinski definition) is 3. The molecule has 0 aromatic heterocycles. The van der Waals surface area contributed by atoms with E-state index in [0.717, 1.165) is 0 Å². The number of anilines is 1. The molecule has 0 atom stereocenters. The molecule has 0 fully saturated rings. The molecule has 20 heavy (non-hydrogen) atoms. The maximum Gasteiger partial charge on any atom is 0.243 e. The van der Waals surface area contributed by atoms with Gasteiger partial charge in [0.15, 0.2) is 5.96 Å². The van der Waals surface area contributed by atoms with Crippen molar-refractivity contribution in [3.05, 3.63) is 42.7 Å². The zero-order chi connectivity index (χ0) is 14.1. The Kier molecular flexibility index (Phi) is 9.35. The van der Waals surface area contributed by atoms with Gasteiger partial charge in [-0.1, -0.05) is 6.08 Å². The minimum absolute atomic E-state index is 0. The van der Waals surface area contributed by atoms with Crippen LogP contribution < -0.4 is 16.0 Å². The van der Waals surface area contributed by atoms with E-state index in [2.05, 4.69) is 27.5 Å². The van der Waals surface area contributed by atoms with Crippen molar-refractivity contribution in [3.8, 4) is 0 Å². The van der Waals surface area contributed by atoms with Gasteiger partial charge >= 0.3 is 0 Å². The number of rotatable bonds is 5. The van der Waals surface area contributed by atoms with Crippen molar-refractivity contribution in [3.63, 3.8) is 0 Å². The molecule has 0 heterocycles. The molecule has 110 valence electrons. The lowest BCUT2D eigenvalue weighted by Crippen LogP contribution is -2.41. The average Bonchev–Trinajstić information content (AvgIpc) is 2.42. The van der Waals surface area contributed by atoms with Gasteiger partial charge in [0.25, 0.3) is 0 Å². The van der Waals surface area contributed by atoms with Gasteiger partial charge in [0, 0.05) is 19.3 Å². The molecule has 0 saturated heterocycles. The Balaban J connectivity index is 0.00000361. The van der Waals surface area contributed by atoms with E-state index in [0.29, 0.717) is 18.2 Å². The number of nitrogens with zero attached hydrogens (tertiary/aromatic N) is 1. The predicted molar refractivity (Wildman–Crippen MR) is 90.0 cm³/mol. The fourth-order valence-electron chi connectivity index (χ4n) is 1.29. The molecule has 0 aliphatic rings. The first-order valence-corrected chi connectivity index (χ1v) is 5.76. The number of benzene rings is 1. The molecule has 0 saturated carbocycles. The number of carbonyl (C=O) groups is 1. The molecule has 7 heteroatoms. The number of guanidine groups is 1. The van der Waals surface area contributed by atoms with E-state index in [9.17, 15) is 9.18 Å². The summed E-state index contributed by atoms with van der Waals surface area (Å²) in [7, 11) is 1.61. The Morgan fingerprint density at radius 3 is 2.55 bits per heavy atom. The monoisotopic (exact) mass is 392 g/mol. The zero-order valence-corrected chi connectivity index (χ0v) is 13.5. The predicted octanol–water partition coefficient (Wildman–Crippen LogP) is 1.73. The lowest BCUT2D eigenvalue weighted by Gasteiger charge is -2.10. The van der Waals surface area contributed by atoms with Gasteiger partial charge in [0.1, 0.15) is 5.82 Å². The van der Waals surface area contributed by atoms with E-state index in [4.69, 9.17) is 0 Å². The van der Waals surface area contributed by atoms with Crippen LogP contribution in [0.25, 0.3) is 0 Å². The minimum Gasteiger partial charge on any atom is -0.353 e. The van der Waals surface area contributed by atoms with Crippen molar-refractivity contribution in [1.29, 1.82) is 0 Å². The normalized spacial score (nSPS) is 10.2. The van der Waals surface area contributed by atoms with Crippen LogP contribution in [0.5, 0.6) is 0 Å². The van der Waals surface area contributed by atoms with E-state index >= 15 is 0 Å². The number of aliphatic imine (C=N–C) groups is 1. The third-order valence-electron chi connectivity index (χ3n) is 2.18. The van der Waals surface area contributed by atoms with Crippen LogP contribution in [0.4, 0.5) is 10.1 Å². The van der Waals surface area contributed by atoms with Crippen molar-refractivity contribution >= 4 is 41.5 Å². The highest BCUT2D eigenvalue weighted by molar-refractivity contribution is 14.0. The highest BCUT2D eigenvalue weighted by Gasteiger charge is 2.03. The van der Waals surface area contributed by atoms with Crippen molar-refractivity contribution in [2.45, 2.75) is 0 Å². The maximum absolute atomic E-state index is 12.7. The van der Waals surface area contributed by atoms with Crippen LogP contribution in [0, 0.1) is 5.82 Å². The number of amides is 1. The standard InChI is InChI=1S/C13H17FN4O.HI/c1-3-8-16-13(15-2)17-9-12(19)18-11-6-4-10(14)5-7-11;/h3-7H,1,8-9H2,2H3,(H,18,19)(H2,15,16,17);1H. The summed E-state index contributed by atoms with van der Waals surface area (Å²) in [5.41, 5.74) is 0.544. The van der Waals surface area contributed by atoms with Crippen LogP contribution in [0.1, 0.15) is 0 Å². The lowest BCUT2D eigenvalue weighted by atomic mass is 10.3. The molecular formula is C13H18FIN4O. The Morgan fingerprint density at radius 1 is 1.35 bits per heavy atom. The van der Waals surface area contributed by atoms with Gasteiger partial charge in [0.2, 0.25) is 5.91 Å². The molecule has 0 spiro atoms. The molecule has 5 nitrogen and oxygen atoms in total. The summed E-state index contributed by atoms with van der Waals surface area (Å²) in [6, 6.07) is 5.57. The largest absolute Gasteiger partial charge is 0.353 e. The smallest absolute Gasteiger partial charge is 0.243 e. The van der Waals surface area contributed by atoms with Crippen molar-refractivity contribution in [2.24, 2.45) is 4.99 Å². The van der Waals surface area contributed by atoms with E-state index in [-0.39, 0.29) is 42.2 Å². The molecule has 0 radical (unpaired) electrons. The first-order valence-electron chi connectivity index (χ1n) is 5.76. The van der Waals surface area contributed by atoms with Crippen LogP contribution in [0.15, 0.2) is 41.9 Å². The van der Waals surface area contributed by atoms with Gasteiger partial charge in [0.05, 0.1) is 6.54 Å². The molecule has 1 aromatic rings. The first kappa shape index (κ1) is 18.4. The third-order valence-corrected chi connectivity index (χ3v) is 2.18. The minimum atomic E-state index is -0.342. The third kappa shape index (κ3) is 7.07. The number of carbonyl (C=O) groups excluding carboxylic acids is 1. The summed E-state index contributed by atoms with van der Waals surface area (Å²) in [6.07, 6.45) is 1.69. The molecule has 0 bridgehead atoms. The van der Waals surface area contributed by atoms with Crippen LogP contribution >= 0.6 is 24.0 Å².